The molecule has 0 saturated carbocycles. The number of aromatic nitrogens is 1. The van der Waals surface area contributed by atoms with Crippen LogP contribution < -0.4 is 10.2 Å². The lowest BCUT2D eigenvalue weighted by atomic mass is 10.2. The van der Waals surface area contributed by atoms with Crippen LogP contribution in [-0.4, -0.2) is 18.6 Å². The third-order valence-corrected chi connectivity index (χ3v) is 4.97. The fraction of sp³-hybridized carbons (Fsp3) is 0.438. The smallest absolute Gasteiger partial charge is 0.185 e. The van der Waals surface area contributed by atoms with Crippen molar-refractivity contribution in [2.45, 2.75) is 26.9 Å². The Hall–Kier alpha value is -0.910. The SMILES string of the molecule is CC(C)CNCc1cnc(N(C)Cc2ccccc2Br)s1. The predicted molar refractivity (Wildman–Crippen MR) is 94.9 cm³/mol. The first-order chi connectivity index (χ1) is 10.1. The molecule has 21 heavy (non-hydrogen) atoms. The summed E-state index contributed by atoms with van der Waals surface area (Å²) in [4.78, 5) is 8.00. The normalized spacial score (nSPS) is 11.1. The van der Waals surface area contributed by atoms with Gasteiger partial charge in [-0.1, -0.05) is 48.0 Å². The fourth-order valence-electron chi connectivity index (χ4n) is 1.99. The number of benzene rings is 1. The van der Waals surface area contributed by atoms with E-state index >= 15 is 0 Å². The molecule has 0 saturated heterocycles. The summed E-state index contributed by atoms with van der Waals surface area (Å²) in [7, 11) is 2.09. The van der Waals surface area contributed by atoms with Gasteiger partial charge in [-0.05, 0) is 24.1 Å². The summed E-state index contributed by atoms with van der Waals surface area (Å²) in [6.45, 7) is 7.24. The molecule has 0 fully saturated rings. The van der Waals surface area contributed by atoms with Crippen LogP contribution in [0.15, 0.2) is 34.9 Å². The van der Waals surface area contributed by atoms with Gasteiger partial charge in [0.2, 0.25) is 0 Å². The molecule has 0 aliphatic heterocycles. The van der Waals surface area contributed by atoms with E-state index in [1.54, 1.807) is 11.3 Å². The molecule has 0 aliphatic rings. The van der Waals surface area contributed by atoms with Gasteiger partial charge in [0.1, 0.15) is 0 Å². The molecule has 0 aliphatic carbocycles. The highest BCUT2D eigenvalue weighted by Gasteiger charge is 2.09. The molecule has 0 amide bonds. The van der Waals surface area contributed by atoms with Gasteiger partial charge in [0, 0.05) is 35.7 Å². The van der Waals surface area contributed by atoms with E-state index in [4.69, 9.17) is 0 Å². The maximum absolute atomic E-state index is 4.53. The quantitative estimate of drug-likeness (QED) is 0.790. The molecule has 114 valence electrons. The van der Waals surface area contributed by atoms with Crippen molar-refractivity contribution < 1.29 is 0 Å². The Balaban J connectivity index is 1.93. The van der Waals surface area contributed by atoms with Gasteiger partial charge in [-0.25, -0.2) is 4.98 Å². The molecule has 1 aromatic carbocycles. The number of nitrogens with zero attached hydrogens (tertiary/aromatic N) is 2. The Morgan fingerprint density at radius 2 is 2.10 bits per heavy atom. The third kappa shape index (κ3) is 5.09. The number of hydrogen-bond donors (Lipinski definition) is 1. The van der Waals surface area contributed by atoms with Crippen molar-refractivity contribution in [3.63, 3.8) is 0 Å². The molecular formula is C16H22BrN3S. The minimum Gasteiger partial charge on any atom is -0.347 e. The van der Waals surface area contributed by atoms with Gasteiger partial charge < -0.3 is 10.2 Å². The summed E-state index contributed by atoms with van der Waals surface area (Å²) in [6.07, 6.45) is 1.98. The van der Waals surface area contributed by atoms with E-state index in [0.717, 1.165) is 29.2 Å². The maximum atomic E-state index is 4.53. The largest absolute Gasteiger partial charge is 0.347 e. The van der Waals surface area contributed by atoms with Crippen LogP contribution in [0.3, 0.4) is 0 Å². The van der Waals surface area contributed by atoms with Gasteiger partial charge >= 0.3 is 0 Å². The first-order valence-electron chi connectivity index (χ1n) is 7.16. The standard InChI is InChI=1S/C16H22BrN3S/c1-12(2)8-18-9-14-10-19-16(21-14)20(3)11-13-6-4-5-7-15(13)17/h4-7,10,12,18H,8-9,11H2,1-3H3. The zero-order chi connectivity index (χ0) is 15.2. The highest BCUT2D eigenvalue weighted by Crippen LogP contribution is 2.25. The summed E-state index contributed by atoms with van der Waals surface area (Å²) < 4.78 is 1.15. The molecule has 0 spiro atoms. The van der Waals surface area contributed by atoms with Crippen molar-refractivity contribution in [1.29, 1.82) is 0 Å². The molecule has 0 unspecified atom stereocenters. The second-order valence-corrected chi connectivity index (χ2v) is 7.53. The second-order valence-electron chi connectivity index (χ2n) is 5.58. The van der Waals surface area contributed by atoms with Crippen molar-refractivity contribution >= 4 is 32.4 Å². The van der Waals surface area contributed by atoms with Crippen molar-refractivity contribution in [3.05, 3.63) is 45.4 Å². The topological polar surface area (TPSA) is 28.2 Å². The minimum absolute atomic E-state index is 0.676. The lowest BCUT2D eigenvalue weighted by molar-refractivity contribution is 0.554. The van der Waals surface area contributed by atoms with E-state index in [2.05, 4.69) is 70.2 Å². The Morgan fingerprint density at radius 1 is 1.33 bits per heavy atom. The van der Waals surface area contributed by atoms with Crippen LogP contribution in [0.1, 0.15) is 24.3 Å². The first kappa shape index (κ1) is 16.5. The first-order valence-corrected chi connectivity index (χ1v) is 8.77. The summed E-state index contributed by atoms with van der Waals surface area (Å²) in [5, 5.41) is 4.52. The number of anilines is 1. The van der Waals surface area contributed by atoms with E-state index < -0.39 is 0 Å². The number of hydrogen-bond acceptors (Lipinski definition) is 4. The number of halogens is 1. The van der Waals surface area contributed by atoms with Crippen molar-refractivity contribution in [3.8, 4) is 0 Å². The Labute approximate surface area is 139 Å². The van der Waals surface area contributed by atoms with Crippen LogP contribution in [0.4, 0.5) is 5.13 Å². The van der Waals surface area contributed by atoms with E-state index in [9.17, 15) is 0 Å². The van der Waals surface area contributed by atoms with Crippen molar-refractivity contribution in [2.75, 3.05) is 18.5 Å². The van der Waals surface area contributed by atoms with Gasteiger partial charge in [0.05, 0.1) is 0 Å². The van der Waals surface area contributed by atoms with Crippen molar-refractivity contribution in [2.24, 2.45) is 5.92 Å². The molecule has 2 aromatic rings. The minimum atomic E-state index is 0.676. The van der Waals surface area contributed by atoms with Crippen LogP contribution in [0.2, 0.25) is 0 Å². The Kier molecular flexibility index (Phi) is 6.21. The highest BCUT2D eigenvalue weighted by atomic mass is 79.9. The van der Waals surface area contributed by atoms with Crippen molar-refractivity contribution in [1.82, 2.24) is 10.3 Å². The zero-order valence-electron chi connectivity index (χ0n) is 12.8. The van der Waals surface area contributed by atoms with Gasteiger partial charge in [-0.15, -0.1) is 11.3 Å². The average molecular weight is 368 g/mol. The molecule has 0 radical (unpaired) electrons. The monoisotopic (exact) mass is 367 g/mol. The third-order valence-electron chi connectivity index (χ3n) is 3.09. The van der Waals surface area contributed by atoms with E-state index in [1.165, 1.54) is 10.4 Å². The van der Waals surface area contributed by atoms with Crippen LogP contribution in [-0.2, 0) is 13.1 Å². The Bertz CT molecular complexity index is 568. The lowest BCUT2D eigenvalue weighted by Gasteiger charge is -2.16. The van der Waals surface area contributed by atoms with Gasteiger partial charge in [-0.3, -0.25) is 0 Å². The van der Waals surface area contributed by atoms with Gasteiger partial charge in [0.15, 0.2) is 5.13 Å². The Morgan fingerprint density at radius 3 is 2.81 bits per heavy atom. The van der Waals surface area contributed by atoms with Gasteiger partial charge in [0.25, 0.3) is 0 Å². The van der Waals surface area contributed by atoms with E-state index in [1.807, 2.05) is 12.3 Å². The van der Waals surface area contributed by atoms with Crippen LogP contribution in [0, 0.1) is 5.92 Å². The molecule has 2 rings (SSSR count). The van der Waals surface area contributed by atoms with Crippen LogP contribution >= 0.6 is 27.3 Å². The lowest BCUT2D eigenvalue weighted by Crippen LogP contribution is -2.18. The summed E-state index contributed by atoms with van der Waals surface area (Å²) >= 11 is 5.35. The molecule has 3 nitrogen and oxygen atoms in total. The number of nitrogens with one attached hydrogen (secondary N) is 1. The van der Waals surface area contributed by atoms with Crippen LogP contribution in [0.25, 0.3) is 0 Å². The number of thiazole rings is 1. The fourth-order valence-corrected chi connectivity index (χ4v) is 3.24. The summed E-state index contributed by atoms with van der Waals surface area (Å²) in [5.41, 5.74) is 1.27. The molecule has 1 N–H and O–H groups in total. The van der Waals surface area contributed by atoms with E-state index in [-0.39, 0.29) is 0 Å². The molecular weight excluding hydrogens is 346 g/mol. The molecule has 5 heteroatoms. The molecule has 0 atom stereocenters. The average Bonchev–Trinajstić information content (AvgIpc) is 2.90. The maximum Gasteiger partial charge on any atom is 0.185 e. The summed E-state index contributed by atoms with van der Waals surface area (Å²) in [5.74, 6) is 0.676. The zero-order valence-corrected chi connectivity index (χ0v) is 15.2. The molecule has 0 bridgehead atoms. The van der Waals surface area contributed by atoms with Crippen LogP contribution in [0.5, 0.6) is 0 Å². The molecule has 1 heterocycles. The van der Waals surface area contributed by atoms with Gasteiger partial charge in [-0.2, -0.15) is 0 Å². The van der Waals surface area contributed by atoms with E-state index in [0.29, 0.717) is 5.92 Å². The highest BCUT2D eigenvalue weighted by molar-refractivity contribution is 9.10. The summed E-state index contributed by atoms with van der Waals surface area (Å²) in [6, 6.07) is 8.32. The number of rotatable bonds is 7. The molecule has 1 aromatic heterocycles. The predicted octanol–water partition coefficient (Wildman–Crippen LogP) is 4.29. The second kappa shape index (κ2) is 7.92.